The molecule has 1 amide bonds. The van der Waals surface area contributed by atoms with Crippen LogP contribution in [0.3, 0.4) is 0 Å². The van der Waals surface area contributed by atoms with Gasteiger partial charge in [-0.15, -0.1) is 0 Å². The predicted molar refractivity (Wildman–Crippen MR) is 68.5 cm³/mol. The van der Waals surface area contributed by atoms with Crippen molar-refractivity contribution >= 4 is 5.91 Å². The number of hydrogen-bond acceptors (Lipinski definition) is 4. The second-order valence-electron chi connectivity index (χ2n) is 4.83. The standard InChI is InChI=1S/C14H14N2O3/c17-9-14(6-7-14)15-13(18)12-8-11(16-19-12)10-4-2-1-3-5-10/h1-5,8,17H,6-7,9H2,(H,15,18). The summed E-state index contributed by atoms with van der Waals surface area (Å²) in [7, 11) is 0. The first kappa shape index (κ1) is 11.9. The number of carbonyl (C=O) groups excluding carboxylic acids is 1. The Morgan fingerprint density at radius 1 is 1.37 bits per heavy atom. The van der Waals surface area contributed by atoms with Gasteiger partial charge >= 0.3 is 0 Å². The van der Waals surface area contributed by atoms with Crippen LogP contribution in [0.1, 0.15) is 23.4 Å². The normalized spacial score (nSPS) is 16.1. The molecule has 1 heterocycles. The minimum atomic E-state index is -0.448. The second-order valence-corrected chi connectivity index (χ2v) is 4.83. The third kappa shape index (κ3) is 2.37. The highest BCUT2D eigenvalue weighted by molar-refractivity contribution is 5.93. The Balaban J connectivity index is 1.76. The molecule has 5 heteroatoms. The van der Waals surface area contributed by atoms with Crippen LogP contribution >= 0.6 is 0 Å². The van der Waals surface area contributed by atoms with Gasteiger partial charge in [0.05, 0.1) is 12.1 Å². The lowest BCUT2D eigenvalue weighted by atomic mass is 10.1. The van der Waals surface area contributed by atoms with E-state index >= 15 is 0 Å². The van der Waals surface area contributed by atoms with Gasteiger partial charge in [0.15, 0.2) is 0 Å². The highest BCUT2D eigenvalue weighted by Crippen LogP contribution is 2.34. The SMILES string of the molecule is O=C(NC1(CO)CC1)c1cc(-c2ccccc2)no1. The molecule has 98 valence electrons. The molecule has 1 saturated carbocycles. The van der Waals surface area contributed by atoms with Gasteiger partial charge in [0.2, 0.25) is 5.76 Å². The molecule has 0 spiro atoms. The molecule has 0 unspecified atom stereocenters. The van der Waals surface area contributed by atoms with Crippen molar-refractivity contribution < 1.29 is 14.4 Å². The molecule has 0 atom stereocenters. The molecule has 2 aromatic rings. The number of aliphatic hydroxyl groups excluding tert-OH is 1. The van der Waals surface area contributed by atoms with Crippen LogP contribution in [0.15, 0.2) is 40.9 Å². The summed E-state index contributed by atoms with van der Waals surface area (Å²) in [4.78, 5) is 11.9. The Morgan fingerprint density at radius 3 is 2.74 bits per heavy atom. The number of amides is 1. The zero-order valence-corrected chi connectivity index (χ0v) is 10.3. The summed E-state index contributed by atoms with van der Waals surface area (Å²) in [6, 6.07) is 11.1. The molecule has 0 saturated heterocycles. The highest BCUT2D eigenvalue weighted by atomic mass is 16.5. The van der Waals surface area contributed by atoms with Crippen molar-refractivity contribution in [1.29, 1.82) is 0 Å². The zero-order chi connectivity index (χ0) is 13.3. The predicted octanol–water partition coefficient (Wildman–Crippen LogP) is 1.60. The summed E-state index contributed by atoms with van der Waals surface area (Å²) in [6.45, 7) is -0.0432. The average molecular weight is 258 g/mol. The fourth-order valence-corrected chi connectivity index (χ4v) is 1.90. The van der Waals surface area contributed by atoms with Gasteiger partial charge in [-0.3, -0.25) is 4.79 Å². The minimum Gasteiger partial charge on any atom is -0.394 e. The topological polar surface area (TPSA) is 75.4 Å². The average Bonchev–Trinajstić information content (AvgIpc) is 3.04. The fourth-order valence-electron chi connectivity index (χ4n) is 1.90. The molecule has 0 bridgehead atoms. The molecule has 1 fully saturated rings. The quantitative estimate of drug-likeness (QED) is 0.873. The maximum Gasteiger partial charge on any atom is 0.290 e. The molecule has 0 aliphatic heterocycles. The Bertz CT molecular complexity index is 588. The molecule has 5 nitrogen and oxygen atoms in total. The van der Waals surface area contributed by atoms with E-state index < -0.39 is 5.54 Å². The van der Waals surface area contributed by atoms with Crippen LogP contribution < -0.4 is 5.32 Å². The number of benzene rings is 1. The molecule has 0 radical (unpaired) electrons. The van der Waals surface area contributed by atoms with Crippen molar-refractivity contribution in [3.8, 4) is 11.3 Å². The summed E-state index contributed by atoms with van der Waals surface area (Å²) in [5, 5.41) is 15.8. The summed E-state index contributed by atoms with van der Waals surface area (Å²) < 4.78 is 5.06. The molecule has 3 rings (SSSR count). The Kier molecular flexibility index (Phi) is 2.83. The van der Waals surface area contributed by atoms with E-state index in [4.69, 9.17) is 4.52 Å². The summed E-state index contributed by atoms with van der Waals surface area (Å²) in [5.41, 5.74) is 1.07. The first-order valence-corrected chi connectivity index (χ1v) is 6.18. The smallest absolute Gasteiger partial charge is 0.290 e. The Hall–Kier alpha value is -2.14. The van der Waals surface area contributed by atoms with Gasteiger partial charge in [-0.2, -0.15) is 0 Å². The van der Waals surface area contributed by atoms with E-state index in [2.05, 4.69) is 10.5 Å². The molecular formula is C14H14N2O3. The van der Waals surface area contributed by atoms with Gasteiger partial charge in [0, 0.05) is 11.6 Å². The van der Waals surface area contributed by atoms with Crippen LogP contribution in [-0.4, -0.2) is 28.3 Å². The van der Waals surface area contributed by atoms with Crippen molar-refractivity contribution in [3.05, 3.63) is 42.2 Å². The van der Waals surface area contributed by atoms with E-state index in [1.165, 1.54) is 0 Å². The van der Waals surface area contributed by atoms with E-state index in [0.717, 1.165) is 18.4 Å². The van der Waals surface area contributed by atoms with Gasteiger partial charge < -0.3 is 14.9 Å². The number of aliphatic hydroxyl groups is 1. The number of hydrogen-bond donors (Lipinski definition) is 2. The molecule has 1 aliphatic carbocycles. The number of rotatable bonds is 4. The third-order valence-corrected chi connectivity index (χ3v) is 3.34. The second kappa shape index (κ2) is 4.51. The molecule has 19 heavy (non-hydrogen) atoms. The van der Waals surface area contributed by atoms with Crippen LogP contribution in [-0.2, 0) is 0 Å². The van der Waals surface area contributed by atoms with Gasteiger partial charge in [-0.1, -0.05) is 35.5 Å². The number of aromatic nitrogens is 1. The lowest BCUT2D eigenvalue weighted by molar-refractivity contribution is 0.0869. The highest BCUT2D eigenvalue weighted by Gasteiger charge is 2.44. The van der Waals surface area contributed by atoms with Crippen molar-refractivity contribution in [2.45, 2.75) is 18.4 Å². The lowest BCUT2D eigenvalue weighted by Crippen LogP contribution is -2.39. The van der Waals surface area contributed by atoms with Crippen LogP contribution in [0.25, 0.3) is 11.3 Å². The van der Waals surface area contributed by atoms with Crippen LogP contribution in [0.5, 0.6) is 0 Å². The molecule has 1 aromatic carbocycles. The largest absolute Gasteiger partial charge is 0.394 e. The van der Waals surface area contributed by atoms with Crippen LogP contribution in [0, 0.1) is 0 Å². The van der Waals surface area contributed by atoms with E-state index in [9.17, 15) is 9.90 Å². The van der Waals surface area contributed by atoms with E-state index in [-0.39, 0.29) is 18.3 Å². The zero-order valence-electron chi connectivity index (χ0n) is 10.3. The van der Waals surface area contributed by atoms with Gasteiger partial charge in [-0.05, 0) is 12.8 Å². The Labute approximate surface area is 110 Å². The van der Waals surface area contributed by atoms with Crippen LogP contribution in [0.4, 0.5) is 0 Å². The van der Waals surface area contributed by atoms with Gasteiger partial charge in [0.1, 0.15) is 5.69 Å². The number of nitrogens with zero attached hydrogens (tertiary/aromatic N) is 1. The van der Waals surface area contributed by atoms with E-state index in [1.807, 2.05) is 30.3 Å². The summed E-state index contributed by atoms with van der Waals surface area (Å²) >= 11 is 0. The number of carbonyl (C=O) groups is 1. The van der Waals surface area contributed by atoms with E-state index in [0.29, 0.717) is 5.69 Å². The van der Waals surface area contributed by atoms with Crippen LogP contribution in [0.2, 0.25) is 0 Å². The fraction of sp³-hybridized carbons (Fsp3) is 0.286. The van der Waals surface area contributed by atoms with Crippen molar-refractivity contribution in [2.75, 3.05) is 6.61 Å². The third-order valence-electron chi connectivity index (χ3n) is 3.34. The van der Waals surface area contributed by atoms with Gasteiger partial charge in [-0.25, -0.2) is 0 Å². The van der Waals surface area contributed by atoms with Crippen molar-refractivity contribution in [2.24, 2.45) is 0 Å². The molecule has 1 aromatic heterocycles. The monoisotopic (exact) mass is 258 g/mol. The van der Waals surface area contributed by atoms with Gasteiger partial charge in [0.25, 0.3) is 5.91 Å². The maximum atomic E-state index is 11.9. The maximum absolute atomic E-state index is 11.9. The first-order valence-electron chi connectivity index (χ1n) is 6.18. The lowest BCUT2D eigenvalue weighted by Gasteiger charge is -2.11. The summed E-state index contributed by atoms with van der Waals surface area (Å²) in [5.74, 6) is -0.167. The molecule has 1 aliphatic rings. The van der Waals surface area contributed by atoms with Crippen molar-refractivity contribution in [1.82, 2.24) is 10.5 Å². The van der Waals surface area contributed by atoms with E-state index in [1.54, 1.807) is 6.07 Å². The minimum absolute atomic E-state index is 0.0432. The molecular weight excluding hydrogens is 244 g/mol. The van der Waals surface area contributed by atoms with Crippen molar-refractivity contribution in [3.63, 3.8) is 0 Å². The molecule has 2 N–H and O–H groups in total. The Morgan fingerprint density at radius 2 is 2.11 bits per heavy atom. The number of nitrogens with one attached hydrogen (secondary N) is 1. The first-order chi connectivity index (χ1) is 9.22. The summed E-state index contributed by atoms with van der Waals surface area (Å²) in [6.07, 6.45) is 1.60.